The summed E-state index contributed by atoms with van der Waals surface area (Å²) in [5.41, 5.74) is 2.53. The molecule has 0 unspecified atom stereocenters. The summed E-state index contributed by atoms with van der Waals surface area (Å²) in [5.74, 6) is 2.60. The highest BCUT2D eigenvalue weighted by atomic mass is 16.5. The smallest absolute Gasteiger partial charge is 0.142 e. The van der Waals surface area contributed by atoms with Crippen molar-refractivity contribution in [1.29, 1.82) is 0 Å². The Bertz CT molecular complexity index is 622. The molecule has 3 rings (SSSR count). The van der Waals surface area contributed by atoms with Crippen molar-refractivity contribution in [2.75, 3.05) is 31.2 Å². The van der Waals surface area contributed by atoms with Crippen LogP contribution in [0.1, 0.15) is 19.4 Å². The molecule has 0 aliphatic carbocycles. The Morgan fingerprint density at radius 1 is 1.09 bits per heavy atom. The molecule has 1 aliphatic heterocycles. The van der Waals surface area contributed by atoms with Gasteiger partial charge in [-0.1, -0.05) is 38.1 Å². The predicted octanol–water partition coefficient (Wildman–Crippen LogP) is 4.16. The van der Waals surface area contributed by atoms with Gasteiger partial charge in [-0.2, -0.15) is 0 Å². The summed E-state index contributed by atoms with van der Waals surface area (Å²) in [4.78, 5) is 2.33. The Kier molecular flexibility index (Phi) is 5.06. The zero-order valence-electron chi connectivity index (χ0n) is 14.0. The number of fused-ring (bicyclic) bond motifs is 1. The van der Waals surface area contributed by atoms with Gasteiger partial charge in [-0.05, 0) is 42.2 Å². The molecule has 0 bridgehead atoms. The lowest BCUT2D eigenvalue weighted by Gasteiger charge is -2.31. The fraction of sp³-hybridized carbons (Fsp3) is 0.400. The molecule has 0 spiro atoms. The van der Waals surface area contributed by atoms with Gasteiger partial charge in [0.15, 0.2) is 0 Å². The molecule has 122 valence electrons. The summed E-state index contributed by atoms with van der Waals surface area (Å²) in [5, 5.41) is 0. The maximum absolute atomic E-state index is 5.90. The molecule has 0 radical (unpaired) electrons. The van der Waals surface area contributed by atoms with Crippen molar-refractivity contribution in [2.45, 2.75) is 20.3 Å². The van der Waals surface area contributed by atoms with Crippen LogP contribution in [0.15, 0.2) is 48.5 Å². The van der Waals surface area contributed by atoms with Crippen LogP contribution in [0.5, 0.6) is 11.5 Å². The van der Waals surface area contributed by atoms with E-state index in [4.69, 9.17) is 9.47 Å². The molecule has 0 saturated heterocycles. The molecule has 0 fully saturated rings. The maximum Gasteiger partial charge on any atom is 0.142 e. The first-order valence-electron chi connectivity index (χ1n) is 8.41. The number of benzene rings is 2. The molecule has 1 heterocycles. The van der Waals surface area contributed by atoms with Gasteiger partial charge in [0.05, 0.1) is 18.8 Å². The molecule has 0 saturated carbocycles. The third-order valence-corrected chi connectivity index (χ3v) is 4.02. The van der Waals surface area contributed by atoms with E-state index in [1.165, 1.54) is 5.56 Å². The van der Waals surface area contributed by atoms with Crippen LogP contribution in [0.25, 0.3) is 0 Å². The zero-order valence-corrected chi connectivity index (χ0v) is 14.0. The molecular weight excluding hydrogens is 286 g/mol. The number of rotatable bonds is 6. The summed E-state index contributed by atoms with van der Waals surface area (Å²) in [7, 11) is 0. The number of nitrogens with zero attached hydrogens (tertiary/aromatic N) is 1. The van der Waals surface area contributed by atoms with Crippen molar-refractivity contribution >= 4 is 5.69 Å². The molecule has 1 aliphatic rings. The van der Waals surface area contributed by atoms with Gasteiger partial charge >= 0.3 is 0 Å². The lowest BCUT2D eigenvalue weighted by atomic mass is 10.0. The largest absolute Gasteiger partial charge is 0.492 e. The highest BCUT2D eigenvalue weighted by Crippen LogP contribution is 2.30. The summed E-state index contributed by atoms with van der Waals surface area (Å²) in [6.07, 6.45) is 1.12. The molecule has 0 amide bonds. The molecule has 0 aromatic heterocycles. The number of ether oxygens (including phenoxy) is 2. The van der Waals surface area contributed by atoms with Crippen LogP contribution in [0.2, 0.25) is 0 Å². The summed E-state index contributed by atoms with van der Waals surface area (Å²) in [6.45, 7) is 7.68. The average molecular weight is 311 g/mol. The van der Waals surface area contributed by atoms with E-state index in [2.05, 4.69) is 55.1 Å². The predicted molar refractivity (Wildman–Crippen MR) is 94.6 cm³/mol. The van der Waals surface area contributed by atoms with Crippen molar-refractivity contribution in [3.63, 3.8) is 0 Å². The van der Waals surface area contributed by atoms with E-state index < -0.39 is 0 Å². The van der Waals surface area contributed by atoms with E-state index in [-0.39, 0.29) is 0 Å². The maximum atomic E-state index is 5.90. The molecular formula is C20H25NO2. The second kappa shape index (κ2) is 7.40. The van der Waals surface area contributed by atoms with Gasteiger partial charge in [0, 0.05) is 0 Å². The van der Waals surface area contributed by atoms with Crippen molar-refractivity contribution in [2.24, 2.45) is 5.92 Å². The third-order valence-electron chi connectivity index (χ3n) is 4.02. The Labute approximate surface area is 138 Å². The van der Waals surface area contributed by atoms with Crippen molar-refractivity contribution in [3.8, 4) is 11.5 Å². The number of anilines is 1. The molecule has 23 heavy (non-hydrogen) atoms. The quantitative estimate of drug-likeness (QED) is 0.799. The van der Waals surface area contributed by atoms with Gasteiger partial charge in [0.1, 0.15) is 24.7 Å². The van der Waals surface area contributed by atoms with E-state index in [9.17, 15) is 0 Å². The SMILES string of the molecule is CC(C)Cc1ccc(OCCN2CCOc3ccccc32)cc1. The molecule has 0 N–H and O–H groups in total. The summed E-state index contributed by atoms with van der Waals surface area (Å²) in [6, 6.07) is 16.7. The number of hydrogen-bond acceptors (Lipinski definition) is 3. The Morgan fingerprint density at radius 2 is 1.87 bits per heavy atom. The molecule has 3 nitrogen and oxygen atoms in total. The zero-order chi connectivity index (χ0) is 16.1. The highest BCUT2D eigenvalue weighted by molar-refractivity contribution is 5.59. The van der Waals surface area contributed by atoms with E-state index in [1.54, 1.807) is 0 Å². The minimum Gasteiger partial charge on any atom is -0.492 e. The average Bonchev–Trinajstić information content (AvgIpc) is 2.56. The third kappa shape index (κ3) is 4.19. The van der Waals surface area contributed by atoms with Crippen LogP contribution in [0.3, 0.4) is 0 Å². The summed E-state index contributed by atoms with van der Waals surface area (Å²) < 4.78 is 11.6. The normalized spacial score (nSPS) is 13.6. The first-order valence-corrected chi connectivity index (χ1v) is 8.41. The van der Waals surface area contributed by atoms with Gasteiger partial charge in [-0.15, -0.1) is 0 Å². The van der Waals surface area contributed by atoms with Crippen LogP contribution in [0.4, 0.5) is 5.69 Å². The van der Waals surface area contributed by atoms with Gasteiger partial charge in [-0.3, -0.25) is 0 Å². The fourth-order valence-electron chi connectivity index (χ4n) is 2.93. The minimum atomic E-state index is 0.678. The first-order chi connectivity index (χ1) is 11.2. The summed E-state index contributed by atoms with van der Waals surface area (Å²) >= 11 is 0. The second-order valence-corrected chi connectivity index (χ2v) is 6.39. The monoisotopic (exact) mass is 311 g/mol. The molecule has 0 atom stereocenters. The Morgan fingerprint density at radius 3 is 2.65 bits per heavy atom. The van der Waals surface area contributed by atoms with Crippen molar-refractivity contribution in [3.05, 3.63) is 54.1 Å². The van der Waals surface area contributed by atoms with Crippen molar-refractivity contribution < 1.29 is 9.47 Å². The minimum absolute atomic E-state index is 0.678. The van der Waals surface area contributed by atoms with E-state index in [1.807, 2.05) is 12.1 Å². The van der Waals surface area contributed by atoms with E-state index >= 15 is 0 Å². The topological polar surface area (TPSA) is 21.7 Å². The molecule has 3 heteroatoms. The van der Waals surface area contributed by atoms with Gasteiger partial charge in [0.25, 0.3) is 0 Å². The number of para-hydroxylation sites is 2. The van der Waals surface area contributed by atoms with E-state index in [0.717, 1.165) is 43.3 Å². The Hall–Kier alpha value is -2.16. The fourth-order valence-corrected chi connectivity index (χ4v) is 2.93. The van der Waals surface area contributed by atoms with Crippen LogP contribution >= 0.6 is 0 Å². The Balaban J connectivity index is 1.52. The number of hydrogen-bond donors (Lipinski definition) is 0. The highest BCUT2D eigenvalue weighted by Gasteiger charge is 2.16. The van der Waals surface area contributed by atoms with Crippen LogP contribution in [0, 0.1) is 5.92 Å². The molecule has 2 aromatic carbocycles. The van der Waals surface area contributed by atoms with Crippen molar-refractivity contribution in [1.82, 2.24) is 0 Å². The van der Waals surface area contributed by atoms with Crippen LogP contribution in [-0.4, -0.2) is 26.3 Å². The van der Waals surface area contributed by atoms with Gasteiger partial charge < -0.3 is 14.4 Å². The van der Waals surface area contributed by atoms with E-state index in [0.29, 0.717) is 12.5 Å². The van der Waals surface area contributed by atoms with Gasteiger partial charge in [-0.25, -0.2) is 0 Å². The van der Waals surface area contributed by atoms with Gasteiger partial charge in [0.2, 0.25) is 0 Å². The standard InChI is InChI=1S/C20H25NO2/c1-16(2)15-17-7-9-18(10-8-17)22-13-11-21-12-14-23-20-6-4-3-5-19(20)21/h3-10,16H,11-15H2,1-2H3. The van der Waals surface area contributed by atoms with Crippen LogP contribution in [-0.2, 0) is 6.42 Å². The lowest BCUT2D eigenvalue weighted by Crippen LogP contribution is -2.35. The van der Waals surface area contributed by atoms with Crippen LogP contribution < -0.4 is 14.4 Å². The second-order valence-electron chi connectivity index (χ2n) is 6.39. The lowest BCUT2D eigenvalue weighted by molar-refractivity contribution is 0.288. The first kappa shape index (κ1) is 15.7. The molecule has 2 aromatic rings.